The molecule has 0 aliphatic carbocycles. The highest BCUT2D eigenvalue weighted by atomic mass is 35.5. The first-order valence-corrected chi connectivity index (χ1v) is 10.8. The molecular formula is C21H22ClN5OS. The monoisotopic (exact) mass is 427 g/mol. The quantitative estimate of drug-likeness (QED) is 0.629. The van der Waals surface area contributed by atoms with Gasteiger partial charge in [0.25, 0.3) is 0 Å². The van der Waals surface area contributed by atoms with Gasteiger partial charge in [-0.15, -0.1) is 11.8 Å². The van der Waals surface area contributed by atoms with Crippen molar-refractivity contribution >= 4 is 46.0 Å². The maximum absolute atomic E-state index is 12.5. The Labute approximate surface area is 179 Å². The summed E-state index contributed by atoms with van der Waals surface area (Å²) in [6.07, 6.45) is 0. The van der Waals surface area contributed by atoms with E-state index in [-0.39, 0.29) is 5.91 Å². The molecule has 8 heteroatoms. The molecule has 1 amide bonds. The first-order chi connectivity index (χ1) is 14.1. The summed E-state index contributed by atoms with van der Waals surface area (Å²) in [6.45, 7) is 3.66. The third kappa shape index (κ3) is 4.98. The van der Waals surface area contributed by atoms with E-state index in [4.69, 9.17) is 17.3 Å². The fourth-order valence-corrected chi connectivity index (χ4v) is 4.27. The molecule has 3 aromatic rings. The molecule has 4 rings (SSSR count). The third-order valence-corrected chi connectivity index (χ3v) is 6.19. The van der Waals surface area contributed by atoms with Crippen LogP contribution in [0.25, 0.3) is 10.9 Å². The van der Waals surface area contributed by atoms with Gasteiger partial charge in [-0.25, -0.2) is 9.97 Å². The molecule has 0 spiro atoms. The summed E-state index contributed by atoms with van der Waals surface area (Å²) < 4.78 is 0. The van der Waals surface area contributed by atoms with Gasteiger partial charge in [-0.2, -0.15) is 0 Å². The number of halogens is 1. The average Bonchev–Trinajstić information content (AvgIpc) is 2.74. The van der Waals surface area contributed by atoms with Crippen LogP contribution in [0.2, 0.25) is 5.02 Å². The molecule has 0 saturated carbocycles. The Balaban J connectivity index is 1.29. The van der Waals surface area contributed by atoms with E-state index >= 15 is 0 Å². The standard InChI is InChI=1S/C21H22ClN5OS/c22-15-5-7-16(8-6-15)29-14-20(28)27-11-9-26(10-12-27)13-19-24-18-4-2-1-3-17(18)21(23)25-19/h1-8H,9-14H2,(H2,23,24,25). The Hall–Kier alpha value is -2.35. The highest BCUT2D eigenvalue weighted by molar-refractivity contribution is 8.00. The number of para-hydroxylation sites is 1. The van der Waals surface area contributed by atoms with Crippen molar-refractivity contribution in [3.8, 4) is 0 Å². The van der Waals surface area contributed by atoms with Gasteiger partial charge in [0.2, 0.25) is 5.91 Å². The van der Waals surface area contributed by atoms with Gasteiger partial charge in [0.05, 0.1) is 17.8 Å². The van der Waals surface area contributed by atoms with E-state index in [9.17, 15) is 4.79 Å². The van der Waals surface area contributed by atoms with Crippen LogP contribution in [0.5, 0.6) is 0 Å². The summed E-state index contributed by atoms with van der Waals surface area (Å²) in [5, 5.41) is 1.58. The molecule has 1 aliphatic rings. The second-order valence-corrected chi connectivity index (χ2v) is 8.43. The van der Waals surface area contributed by atoms with Crippen LogP contribution in [0.15, 0.2) is 53.4 Å². The summed E-state index contributed by atoms with van der Waals surface area (Å²) in [7, 11) is 0. The second kappa shape index (κ2) is 8.98. The minimum absolute atomic E-state index is 0.163. The van der Waals surface area contributed by atoms with Gasteiger partial charge < -0.3 is 10.6 Å². The first kappa shape index (κ1) is 19.9. The van der Waals surface area contributed by atoms with Gasteiger partial charge in [-0.05, 0) is 36.4 Å². The van der Waals surface area contributed by atoms with Crippen LogP contribution in [0.3, 0.4) is 0 Å². The van der Waals surface area contributed by atoms with Gasteiger partial charge in [-0.1, -0.05) is 23.7 Å². The fourth-order valence-electron chi connectivity index (χ4n) is 3.34. The van der Waals surface area contributed by atoms with E-state index < -0.39 is 0 Å². The van der Waals surface area contributed by atoms with Crippen molar-refractivity contribution in [3.63, 3.8) is 0 Å². The Morgan fingerprint density at radius 3 is 2.52 bits per heavy atom. The van der Waals surface area contributed by atoms with E-state index in [0.29, 0.717) is 36.2 Å². The minimum atomic E-state index is 0.163. The zero-order valence-corrected chi connectivity index (χ0v) is 17.5. The van der Waals surface area contributed by atoms with Crippen molar-refractivity contribution < 1.29 is 4.79 Å². The zero-order chi connectivity index (χ0) is 20.2. The number of carbonyl (C=O) groups is 1. The van der Waals surface area contributed by atoms with Crippen molar-refractivity contribution in [2.75, 3.05) is 37.7 Å². The lowest BCUT2D eigenvalue weighted by Gasteiger charge is -2.34. The number of nitrogen functional groups attached to an aromatic ring is 1. The fraction of sp³-hybridized carbons (Fsp3) is 0.286. The molecule has 2 aromatic carbocycles. The highest BCUT2D eigenvalue weighted by Gasteiger charge is 2.22. The molecule has 0 radical (unpaired) electrons. The molecule has 0 bridgehead atoms. The number of anilines is 1. The van der Waals surface area contributed by atoms with Crippen LogP contribution in [0, 0.1) is 0 Å². The lowest BCUT2D eigenvalue weighted by atomic mass is 10.2. The van der Waals surface area contributed by atoms with Crippen LogP contribution in [0.1, 0.15) is 5.82 Å². The van der Waals surface area contributed by atoms with E-state index in [0.717, 1.165) is 34.7 Å². The Bertz CT molecular complexity index is 1010. The van der Waals surface area contributed by atoms with Crippen molar-refractivity contribution in [1.82, 2.24) is 19.8 Å². The lowest BCUT2D eigenvalue weighted by Crippen LogP contribution is -2.49. The number of thioether (sulfide) groups is 1. The van der Waals surface area contributed by atoms with E-state index in [2.05, 4.69) is 14.9 Å². The van der Waals surface area contributed by atoms with Gasteiger partial charge in [0.15, 0.2) is 0 Å². The van der Waals surface area contributed by atoms with E-state index in [1.54, 1.807) is 0 Å². The van der Waals surface area contributed by atoms with Gasteiger partial charge in [0.1, 0.15) is 11.6 Å². The topological polar surface area (TPSA) is 75.3 Å². The summed E-state index contributed by atoms with van der Waals surface area (Å²) in [5.41, 5.74) is 6.95. The normalized spacial score (nSPS) is 15.0. The summed E-state index contributed by atoms with van der Waals surface area (Å²) >= 11 is 7.44. The molecule has 150 valence electrons. The minimum Gasteiger partial charge on any atom is -0.383 e. The van der Waals surface area contributed by atoms with Crippen LogP contribution >= 0.6 is 23.4 Å². The number of nitrogens with zero attached hydrogens (tertiary/aromatic N) is 4. The summed E-state index contributed by atoms with van der Waals surface area (Å²) in [5.74, 6) is 1.83. The number of fused-ring (bicyclic) bond motifs is 1. The van der Waals surface area contributed by atoms with Crippen molar-refractivity contribution in [1.29, 1.82) is 0 Å². The lowest BCUT2D eigenvalue weighted by molar-refractivity contribution is -0.130. The van der Waals surface area contributed by atoms with Gasteiger partial charge >= 0.3 is 0 Å². The molecule has 1 aromatic heterocycles. The highest BCUT2D eigenvalue weighted by Crippen LogP contribution is 2.21. The number of hydrogen-bond donors (Lipinski definition) is 1. The summed E-state index contributed by atoms with van der Waals surface area (Å²) in [6, 6.07) is 15.3. The number of benzene rings is 2. The maximum atomic E-state index is 12.5. The Kier molecular flexibility index (Phi) is 6.18. The van der Waals surface area contributed by atoms with Gasteiger partial charge in [-0.3, -0.25) is 9.69 Å². The van der Waals surface area contributed by atoms with Crippen LogP contribution in [-0.4, -0.2) is 57.6 Å². The van der Waals surface area contributed by atoms with Crippen LogP contribution < -0.4 is 5.73 Å². The molecule has 29 heavy (non-hydrogen) atoms. The summed E-state index contributed by atoms with van der Waals surface area (Å²) in [4.78, 5) is 26.8. The number of carbonyl (C=O) groups excluding carboxylic acids is 1. The molecular weight excluding hydrogens is 406 g/mol. The van der Waals surface area contributed by atoms with Crippen molar-refractivity contribution in [2.45, 2.75) is 11.4 Å². The third-order valence-electron chi connectivity index (χ3n) is 4.94. The Morgan fingerprint density at radius 2 is 1.76 bits per heavy atom. The number of aromatic nitrogens is 2. The first-order valence-electron chi connectivity index (χ1n) is 9.48. The van der Waals surface area contributed by atoms with E-state index in [1.807, 2.05) is 53.4 Å². The SMILES string of the molecule is Nc1nc(CN2CCN(C(=O)CSc3ccc(Cl)cc3)CC2)nc2ccccc12. The Morgan fingerprint density at radius 1 is 1.03 bits per heavy atom. The average molecular weight is 428 g/mol. The second-order valence-electron chi connectivity index (χ2n) is 6.94. The molecule has 6 nitrogen and oxygen atoms in total. The van der Waals surface area contributed by atoms with Crippen LogP contribution in [0.4, 0.5) is 5.82 Å². The molecule has 0 unspecified atom stereocenters. The predicted molar refractivity (Wildman–Crippen MR) is 118 cm³/mol. The number of rotatable bonds is 5. The molecule has 0 atom stereocenters. The zero-order valence-electron chi connectivity index (χ0n) is 15.9. The number of amides is 1. The molecule has 2 heterocycles. The largest absolute Gasteiger partial charge is 0.383 e. The molecule has 1 fully saturated rings. The predicted octanol–water partition coefficient (Wildman–Crippen LogP) is 3.30. The number of nitrogens with two attached hydrogens (primary N) is 1. The van der Waals surface area contributed by atoms with Crippen molar-refractivity contribution in [3.05, 3.63) is 59.4 Å². The molecule has 1 aliphatic heterocycles. The van der Waals surface area contributed by atoms with Gasteiger partial charge in [0, 0.05) is 41.5 Å². The molecule has 1 saturated heterocycles. The van der Waals surface area contributed by atoms with Crippen LogP contribution in [-0.2, 0) is 11.3 Å². The molecule has 2 N–H and O–H groups in total. The maximum Gasteiger partial charge on any atom is 0.233 e. The smallest absolute Gasteiger partial charge is 0.233 e. The van der Waals surface area contributed by atoms with Crippen molar-refractivity contribution in [2.24, 2.45) is 0 Å². The van der Waals surface area contributed by atoms with E-state index in [1.165, 1.54) is 11.8 Å². The number of piperazine rings is 1. The number of hydrogen-bond acceptors (Lipinski definition) is 6.